The maximum Gasteiger partial charge on any atom is 0.330 e. The molecule has 1 saturated heterocycles. The van der Waals surface area contributed by atoms with E-state index in [2.05, 4.69) is 0 Å². The van der Waals surface area contributed by atoms with Crippen molar-refractivity contribution in [3.63, 3.8) is 0 Å². The number of ether oxygens (including phenoxy) is 1. The quantitative estimate of drug-likeness (QED) is 0.648. The third-order valence-corrected chi connectivity index (χ3v) is 3.33. The van der Waals surface area contributed by atoms with E-state index in [4.69, 9.17) is 21.4 Å². The zero-order chi connectivity index (χ0) is 13.4. The number of aliphatic hydroxyl groups is 2. The first-order valence-corrected chi connectivity index (χ1v) is 5.79. The van der Waals surface area contributed by atoms with Crippen LogP contribution < -0.4 is 11.2 Å². The maximum atomic E-state index is 11.7. The zero-order valence-corrected chi connectivity index (χ0v) is 10.3. The fraction of sp³-hybridized carbons (Fsp3) is 0.600. The SMILES string of the molecule is C[C@@H]1[C@H](O)[C@@H](CO)O[C@H]1n1cc(Cl)c(=O)[nH]c1=O. The summed E-state index contributed by atoms with van der Waals surface area (Å²) in [6.45, 7) is 1.32. The molecule has 1 aromatic heterocycles. The molecule has 2 rings (SSSR count). The molecule has 1 aliphatic rings. The van der Waals surface area contributed by atoms with Gasteiger partial charge in [-0.05, 0) is 0 Å². The van der Waals surface area contributed by atoms with E-state index >= 15 is 0 Å². The Labute approximate surface area is 107 Å². The molecule has 1 aliphatic heterocycles. The lowest BCUT2D eigenvalue weighted by Gasteiger charge is -2.17. The average Bonchev–Trinajstić information content (AvgIpc) is 2.61. The van der Waals surface area contributed by atoms with Crippen molar-refractivity contribution in [3.8, 4) is 0 Å². The molecule has 4 atom stereocenters. The highest BCUT2D eigenvalue weighted by atomic mass is 35.5. The van der Waals surface area contributed by atoms with Crippen LogP contribution in [0.25, 0.3) is 0 Å². The van der Waals surface area contributed by atoms with Crippen molar-refractivity contribution in [2.75, 3.05) is 6.61 Å². The van der Waals surface area contributed by atoms with Crippen molar-refractivity contribution in [1.82, 2.24) is 9.55 Å². The van der Waals surface area contributed by atoms with Gasteiger partial charge in [0.2, 0.25) is 0 Å². The Balaban J connectivity index is 2.42. The first-order chi connectivity index (χ1) is 8.45. The molecule has 0 amide bonds. The van der Waals surface area contributed by atoms with Gasteiger partial charge in [-0.15, -0.1) is 0 Å². The van der Waals surface area contributed by atoms with Gasteiger partial charge in [0.1, 0.15) is 17.4 Å². The first kappa shape index (κ1) is 13.3. The predicted octanol–water partition coefficient (Wildman–Crippen LogP) is -0.923. The number of aromatic amines is 1. The van der Waals surface area contributed by atoms with Crippen LogP contribution in [0.3, 0.4) is 0 Å². The summed E-state index contributed by atoms with van der Waals surface area (Å²) in [6.07, 6.45) is -1.27. The van der Waals surface area contributed by atoms with Gasteiger partial charge in [0.05, 0.1) is 12.7 Å². The lowest BCUT2D eigenvalue weighted by molar-refractivity contribution is -0.0476. The van der Waals surface area contributed by atoms with Crippen molar-refractivity contribution in [3.05, 3.63) is 32.1 Å². The Kier molecular flexibility index (Phi) is 3.58. The Morgan fingerprint density at radius 1 is 1.56 bits per heavy atom. The fourth-order valence-corrected chi connectivity index (χ4v) is 2.16. The zero-order valence-electron chi connectivity index (χ0n) is 9.54. The van der Waals surface area contributed by atoms with Crippen molar-refractivity contribution in [1.29, 1.82) is 0 Å². The molecule has 18 heavy (non-hydrogen) atoms. The summed E-state index contributed by atoms with van der Waals surface area (Å²) >= 11 is 5.65. The second-order valence-corrected chi connectivity index (χ2v) is 4.65. The lowest BCUT2D eigenvalue weighted by Crippen LogP contribution is -2.34. The molecular weight excluding hydrogens is 264 g/mol. The summed E-state index contributed by atoms with van der Waals surface area (Å²) in [5.74, 6) is -0.415. The number of nitrogens with zero attached hydrogens (tertiary/aromatic N) is 1. The molecule has 0 bridgehead atoms. The van der Waals surface area contributed by atoms with Crippen LogP contribution in [0.5, 0.6) is 0 Å². The summed E-state index contributed by atoms with van der Waals surface area (Å²) in [4.78, 5) is 24.8. The van der Waals surface area contributed by atoms with E-state index in [1.54, 1.807) is 6.92 Å². The molecule has 7 nitrogen and oxygen atoms in total. The number of halogens is 1. The lowest BCUT2D eigenvalue weighted by atomic mass is 10.0. The number of hydrogen-bond acceptors (Lipinski definition) is 5. The Bertz CT molecular complexity index is 554. The van der Waals surface area contributed by atoms with E-state index in [1.807, 2.05) is 4.98 Å². The maximum absolute atomic E-state index is 11.7. The van der Waals surface area contributed by atoms with Gasteiger partial charge >= 0.3 is 5.69 Å². The minimum Gasteiger partial charge on any atom is -0.394 e. The number of nitrogens with one attached hydrogen (secondary N) is 1. The predicted molar refractivity (Wildman–Crippen MR) is 62.5 cm³/mol. The van der Waals surface area contributed by atoms with Gasteiger partial charge in [0.15, 0.2) is 0 Å². The van der Waals surface area contributed by atoms with E-state index in [-0.39, 0.29) is 11.6 Å². The van der Waals surface area contributed by atoms with E-state index < -0.39 is 35.6 Å². The summed E-state index contributed by atoms with van der Waals surface area (Å²) < 4.78 is 6.48. The third kappa shape index (κ3) is 2.10. The van der Waals surface area contributed by atoms with E-state index in [9.17, 15) is 14.7 Å². The molecule has 3 N–H and O–H groups in total. The molecule has 0 unspecified atom stereocenters. The number of hydrogen-bond donors (Lipinski definition) is 3. The summed E-state index contributed by atoms with van der Waals surface area (Å²) in [5.41, 5.74) is -1.35. The van der Waals surface area contributed by atoms with Gasteiger partial charge in [-0.1, -0.05) is 18.5 Å². The Morgan fingerprint density at radius 2 is 2.22 bits per heavy atom. The topological polar surface area (TPSA) is 105 Å². The second-order valence-electron chi connectivity index (χ2n) is 4.24. The molecular formula is C10H13ClN2O5. The largest absolute Gasteiger partial charge is 0.394 e. The molecule has 8 heteroatoms. The molecule has 1 fully saturated rings. The van der Waals surface area contributed by atoms with Crippen LogP contribution in [-0.4, -0.2) is 38.6 Å². The van der Waals surface area contributed by atoms with Crippen LogP contribution >= 0.6 is 11.6 Å². The summed E-state index contributed by atoms with van der Waals surface area (Å²) in [7, 11) is 0. The molecule has 0 aromatic carbocycles. The standard InChI is InChI=1S/C10H13ClN2O5/c1-4-7(15)6(3-14)18-9(4)13-2-5(11)8(16)12-10(13)17/h2,4,6-7,9,14-15H,3H2,1H3,(H,12,16,17)/t4-,6-,7+,9-/m1/s1. The van der Waals surface area contributed by atoms with Gasteiger partial charge in [-0.3, -0.25) is 14.3 Å². The number of rotatable bonds is 2. The van der Waals surface area contributed by atoms with E-state index in [0.717, 1.165) is 10.8 Å². The monoisotopic (exact) mass is 276 g/mol. The van der Waals surface area contributed by atoms with Gasteiger partial charge in [-0.2, -0.15) is 0 Å². The second kappa shape index (κ2) is 4.85. The van der Waals surface area contributed by atoms with Crippen LogP contribution in [0.2, 0.25) is 5.02 Å². The van der Waals surface area contributed by atoms with E-state index in [0.29, 0.717) is 0 Å². The minimum atomic E-state index is -0.891. The molecule has 0 spiro atoms. The molecule has 0 aliphatic carbocycles. The van der Waals surface area contributed by atoms with Crippen LogP contribution in [0, 0.1) is 5.92 Å². The number of H-pyrrole nitrogens is 1. The van der Waals surface area contributed by atoms with Crippen molar-refractivity contribution < 1.29 is 14.9 Å². The van der Waals surface area contributed by atoms with Crippen molar-refractivity contribution in [2.45, 2.75) is 25.4 Å². The normalized spacial score (nSPS) is 31.8. The highest BCUT2D eigenvalue weighted by Crippen LogP contribution is 2.33. The molecule has 1 aromatic rings. The van der Waals surface area contributed by atoms with Crippen molar-refractivity contribution in [2.24, 2.45) is 5.92 Å². The number of aromatic nitrogens is 2. The Hall–Kier alpha value is -1.15. The molecule has 100 valence electrons. The minimum absolute atomic E-state index is 0.146. The highest BCUT2D eigenvalue weighted by Gasteiger charge is 2.41. The highest BCUT2D eigenvalue weighted by molar-refractivity contribution is 6.30. The van der Waals surface area contributed by atoms with Crippen LogP contribution in [0.4, 0.5) is 0 Å². The Morgan fingerprint density at radius 3 is 2.78 bits per heavy atom. The molecule has 2 heterocycles. The van der Waals surface area contributed by atoms with Crippen LogP contribution in [-0.2, 0) is 4.74 Å². The fourth-order valence-electron chi connectivity index (χ4n) is 2.01. The van der Waals surface area contributed by atoms with Gasteiger partial charge < -0.3 is 14.9 Å². The van der Waals surface area contributed by atoms with Crippen LogP contribution in [0.1, 0.15) is 13.2 Å². The third-order valence-electron chi connectivity index (χ3n) is 3.06. The van der Waals surface area contributed by atoms with Gasteiger partial charge in [-0.25, -0.2) is 4.79 Å². The summed E-state index contributed by atoms with van der Waals surface area (Å²) in [5, 5.41) is 18.7. The van der Waals surface area contributed by atoms with Gasteiger partial charge in [0.25, 0.3) is 5.56 Å². The number of aliphatic hydroxyl groups excluding tert-OH is 2. The van der Waals surface area contributed by atoms with Crippen molar-refractivity contribution >= 4 is 11.6 Å². The molecule has 0 radical (unpaired) electrons. The van der Waals surface area contributed by atoms with Gasteiger partial charge in [0, 0.05) is 12.1 Å². The smallest absolute Gasteiger partial charge is 0.330 e. The average molecular weight is 277 g/mol. The molecule has 0 saturated carbocycles. The first-order valence-electron chi connectivity index (χ1n) is 5.41. The summed E-state index contributed by atoms with van der Waals surface area (Å²) in [6, 6.07) is 0. The van der Waals surface area contributed by atoms with E-state index in [1.165, 1.54) is 0 Å². The van der Waals surface area contributed by atoms with Crippen LogP contribution in [0.15, 0.2) is 15.8 Å².